The summed E-state index contributed by atoms with van der Waals surface area (Å²) in [5.74, 6) is -2.45. The normalized spacial score (nSPS) is 21.4. The Bertz CT molecular complexity index is 1310. The van der Waals surface area contributed by atoms with Crippen molar-refractivity contribution in [2.75, 3.05) is 16.6 Å². The molecule has 8 heteroatoms. The number of amides is 2. The number of imide groups is 1. The molecular formula is C27H24N2O6. The van der Waals surface area contributed by atoms with Crippen LogP contribution in [0.5, 0.6) is 5.75 Å². The van der Waals surface area contributed by atoms with E-state index in [2.05, 4.69) is 0 Å². The Labute approximate surface area is 202 Å². The van der Waals surface area contributed by atoms with E-state index in [0.717, 1.165) is 11.1 Å². The van der Waals surface area contributed by atoms with Gasteiger partial charge in [0.15, 0.2) is 12.7 Å². The van der Waals surface area contributed by atoms with Crippen LogP contribution in [0.25, 0.3) is 0 Å². The standard InChI is InChI=1S/C27H24N2O6/c1-16-12-13-20(17(2)14-16)28-26(32)23-24(19-10-6-7-11-21(19)34-15-22(30)31)29(35-25(23)27(28)33)18-8-4-3-5-9-18/h3-14,23-25H,15H2,1-2H3,(H,30,31)/t23-,24-,25+/m1/s1. The van der Waals surface area contributed by atoms with Crippen LogP contribution in [0.3, 0.4) is 0 Å². The summed E-state index contributed by atoms with van der Waals surface area (Å²) in [6.45, 7) is 3.27. The van der Waals surface area contributed by atoms with E-state index in [1.54, 1.807) is 35.4 Å². The van der Waals surface area contributed by atoms with Crippen molar-refractivity contribution >= 4 is 29.2 Å². The van der Waals surface area contributed by atoms with Crippen molar-refractivity contribution in [3.8, 4) is 5.75 Å². The predicted molar refractivity (Wildman–Crippen MR) is 128 cm³/mol. The van der Waals surface area contributed by atoms with Crippen LogP contribution in [-0.2, 0) is 19.2 Å². The summed E-state index contributed by atoms with van der Waals surface area (Å²) in [4.78, 5) is 45.9. The van der Waals surface area contributed by atoms with E-state index in [1.165, 1.54) is 4.90 Å². The first-order valence-electron chi connectivity index (χ1n) is 11.3. The highest BCUT2D eigenvalue weighted by Crippen LogP contribution is 2.49. The molecule has 178 valence electrons. The minimum Gasteiger partial charge on any atom is -0.482 e. The molecule has 5 rings (SSSR count). The summed E-state index contributed by atoms with van der Waals surface area (Å²) in [6.07, 6.45) is -1.03. The molecule has 3 aromatic carbocycles. The van der Waals surface area contributed by atoms with E-state index in [4.69, 9.17) is 14.7 Å². The van der Waals surface area contributed by atoms with Gasteiger partial charge in [-0.1, -0.05) is 54.1 Å². The molecule has 2 aliphatic rings. The zero-order valence-corrected chi connectivity index (χ0v) is 19.3. The number of carboxylic acid groups (broad SMARTS) is 1. The predicted octanol–water partition coefficient (Wildman–Crippen LogP) is 3.82. The lowest BCUT2D eigenvalue weighted by molar-refractivity contribution is -0.139. The van der Waals surface area contributed by atoms with E-state index >= 15 is 0 Å². The summed E-state index contributed by atoms with van der Waals surface area (Å²) < 4.78 is 5.56. The molecule has 0 spiro atoms. The van der Waals surface area contributed by atoms with Crippen LogP contribution in [-0.4, -0.2) is 35.6 Å². The van der Waals surface area contributed by atoms with Crippen LogP contribution in [0.2, 0.25) is 0 Å². The number of carbonyl (C=O) groups is 3. The van der Waals surface area contributed by atoms with Crippen LogP contribution < -0.4 is 14.7 Å². The number of anilines is 2. The molecule has 0 aromatic heterocycles. The quantitative estimate of drug-likeness (QED) is 0.545. The van der Waals surface area contributed by atoms with Gasteiger partial charge < -0.3 is 9.84 Å². The molecule has 3 aromatic rings. The number of hydrogen-bond donors (Lipinski definition) is 1. The fourth-order valence-corrected chi connectivity index (χ4v) is 4.82. The Morgan fingerprint density at radius 1 is 0.971 bits per heavy atom. The number of rotatable bonds is 6. The number of hydrogen-bond acceptors (Lipinski definition) is 6. The first kappa shape index (κ1) is 22.6. The topological polar surface area (TPSA) is 96.4 Å². The van der Waals surface area contributed by atoms with E-state index in [-0.39, 0.29) is 5.91 Å². The summed E-state index contributed by atoms with van der Waals surface area (Å²) >= 11 is 0. The van der Waals surface area contributed by atoms with E-state index in [1.807, 2.05) is 56.3 Å². The van der Waals surface area contributed by atoms with Gasteiger partial charge in [-0.25, -0.2) is 14.8 Å². The monoisotopic (exact) mass is 472 g/mol. The molecule has 8 nitrogen and oxygen atoms in total. The Morgan fingerprint density at radius 2 is 1.69 bits per heavy atom. The minimum absolute atomic E-state index is 0.315. The number of carboxylic acids is 1. The van der Waals surface area contributed by atoms with Crippen LogP contribution in [0.1, 0.15) is 22.7 Å². The van der Waals surface area contributed by atoms with Crippen molar-refractivity contribution in [1.29, 1.82) is 0 Å². The van der Waals surface area contributed by atoms with Gasteiger partial charge in [-0.05, 0) is 43.7 Å². The smallest absolute Gasteiger partial charge is 0.341 e. The molecule has 0 saturated carbocycles. The highest BCUT2D eigenvalue weighted by atomic mass is 16.7. The van der Waals surface area contributed by atoms with Crippen molar-refractivity contribution in [2.24, 2.45) is 5.92 Å². The molecule has 35 heavy (non-hydrogen) atoms. The third kappa shape index (κ3) is 3.91. The van der Waals surface area contributed by atoms with Crippen molar-refractivity contribution in [1.82, 2.24) is 0 Å². The van der Waals surface area contributed by atoms with Gasteiger partial charge in [0.2, 0.25) is 5.91 Å². The fraction of sp³-hybridized carbons (Fsp3) is 0.222. The highest BCUT2D eigenvalue weighted by Gasteiger charge is 2.60. The fourth-order valence-electron chi connectivity index (χ4n) is 4.82. The molecule has 2 fully saturated rings. The van der Waals surface area contributed by atoms with Crippen LogP contribution in [0, 0.1) is 19.8 Å². The highest BCUT2D eigenvalue weighted by molar-refractivity contribution is 6.24. The molecule has 0 aliphatic carbocycles. The zero-order valence-electron chi connectivity index (χ0n) is 19.3. The Hall–Kier alpha value is -4.17. The van der Waals surface area contributed by atoms with Crippen molar-refractivity contribution < 1.29 is 29.1 Å². The van der Waals surface area contributed by atoms with Crippen molar-refractivity contribution in [3.05, 3.63) is 89.5 Å². The Balaban J connectivity index is 1.60. The molecular weight excluding hydrogens is 448 g/mol. The molecule has 2 heterocycles. The average Bonchev–Trinajstić information content (AvgIpc) is 3.35. The van der Waals surface area contributed by atoms with Crippen molar-refractivity contribution in [3.63, 3.8) is 0 Å². The maximum absolute atomic E-state index is 13.8. The van der Waals surface area contributed by atoms with Gasteiger partial charge in [0.25, 0.3) is 5.91 Å². The van der Waals surface area contributed by atoms with Gasteiger partial charge in [-0.3, -0.25) is 14.4 Å². The van der Waals surface area contributed by atoms with Crippen LogP contribution in [0.4, 0.5) is 11.4 Å². The SMILES string of the molecule is Cc1ccc(N2C(=O)[C@H]3[C@H](ON(c4ccccc4)[C@@H]3c3ccccc3OCC(=O)O)C2=O)c(C)c1. The summed E-state index contributed by atoms with van der Waals surface area (Å²) in [5, 5.41) is 10.7. The summed E-state index contributed by atoms with van der Waals surface area (Å²) in [7, 11) is 0. The van der Waals surface area contributed by atoms with Gasteiger partial charge in [-0.15, -0.1) is 0 Å². The minimum atomic E-state index is -1.12. The number of fused-ring (bicyclic) bond motifs is 1. The lowest BCUT2D eigenvalue weighted by Gasteiger charge is -2.30. The summed E-state index contributed by atoms with van der Waals surface area (Å²) in [5.41, 5.74) is 3.60. The number of nitrogens with zero attached hydrogens (tertiary/aromatic N) is 2. The first-order valence-corrected chi connectivity index (χ1v) is 11.3. The van der Waals surface area contributed by atoms with E-state index < -0.39 is 36.5 Å². The third-order valence-corrected chi connectivity index (χ3v) is 6.31. The lowest BCUT2D eigenvalue weighted by Crippen LogP contribution is -2.37. The molecule has 1 N–H and O–H groups in total. The zero-order chi connectivity index (χ0) is 24.7. The Morgan fingerprint density at radius 3 is 2.40 bits per heavy atom. The molecule has 2 saturated heterocycles. The Kier molecular flexibility index (Phi) is 5.74. The number of benzene rings is 3. The van der Waals surface area contributed by atoms with E-state index in [9.17, 15) is 14.4 Å². The molecule has 0 bridgehead atoms. The van der Waals surface area contributed by atoms with Crippen LogP contribution in [0.15, 0.2) is 72.8 Å². The van der Waals surface area contributed by atoms with Crippen LogP contribution >= 0.6 is 0 Å². The van der Waals surface area contributed by atoms with Gasteiger partial charge in [0, 0.05) is 5.56 Å². The molecule has 0 unspecified atom stereocenters. The second kappa shape index (κ2) is 8.88. The number of aryl methyl sites for hydroxylation is 2. The lowest BCUT2D eigenvalue weighted by atomic mass is 9.90. The van der Waals surface area contributed by atoms with Gasteiger partial charge in [0.1, 0.15) is 11.7 Å². The van der Waals surface area contributed by atoms with Crippen molar-refractivity contribution in [2.45, 2.75) is 26.0 Å². The molecule has 3 atom stereocenters. The molecule has 2 aliphatic heterocycles. The van der Waals surface area contributed by atoms with Gasteiger partial charge in [-0.2, -0.15) is 0 Å². The molecule has 0 radical (unpaired) electrons. The number of para-hydroxylation sites is 2. The number of hydroxylamine groups is 1. The number of aliphatic carboxylic acids is 1. The van der Waals surface area contributed by atoms with E-state index in [0.29, 0.717) is 22.7 Å². The molecule has 2 amide bonds. The second-order valence-corrected chi connectivity index (χ2v) is 8.68. The van der Waals surface area contributed by atoms with Gasteiger partial charge in [0.05, 0.1) is 17.4 Å². The summed E-state index contributed by atoms with van der Waals surface area (Å²) in [6, 6.07) is 21.0. The first-order chi connectivity index (χ1) is 16.9. The maximum Gasteiger partial charge on any atom is 0.341 e. The third-order valence-electron chi connectivity index (χ3n) is 6.31. The van der Waals surface area contributed by atoms with Gasteiger partial charge >= 0.3 is 5.97 Å². The largest absolute Gasteiger partial charge is 0.482 e. The average molecular weight is 472 g/mol. The number of carbonyl (C=O) groups excluding carboxylic acids is 2. The maximum atomic E-state index is 13.8. The number of ether oxygens (including phenoxy) is 1. The second-order valence-electron chi connectivity index (χ2n) is 8.68.